The maximum absolute atomic E-state index is 4.32. The number of fused-ring (bicyclic) bond motifs is 5. The fourth-order valence-electron chi connectivity index (χ4n) is 7.32. The van der Waals surface area contributed by atoms with Gasteiger partial charge in [-0.3, -0.25) is 0 Å². The second-order valence-corrected chi connectivity index (χ2v) is 9.55. The van der Waals surface area contributed by atoms with Crippen molar-refractivity contribution in [1.29, 1.82) is 0 Å². The summed E-state index contributed by atoms with van der Waals surface area (Å²) in [5.74, 6) is 4.14. The molecule has 4 saturated carbocycles. The monoisotopic (exact) mass is 286 g/mol. The molecule has 0 aromatic carbocycles. The summed E-state index contributed by atoms with van der Waals surface area (Å²) in [6, 6.07) is 0. The second kappa shape index (κ2) is 4.87. The van der Waals surface area contributed by atoms with Crippen LogP contribution in [0.15, 0.2) is 12.2 Å². The van der Waals surface area contributed by atoms with Crippen molar-refractivity contribution in [3.8, 4) is 0 Å². The third-order valence-electron chi connectivity index (χ3n) is 8.65. The van der Waals surface area contributed by atoms with E-state index in [-0.39, 0.29) is 0 Å². The molecule has 0 heterocycles. The van der Waals surface area contributed by atoms with E-state index >= 15 is 0 Å². The summed E-state index contributed by atoms with van der Waals surface area (Å²) in [5, 5.41) is 0. The Bertz CT molecular complexity index is 435. The molecule has 4 rings (SSSR count). The van der Waals surface area contributed by atoms with Crippen molar-refractivity contribution in [2.24, 2.45) is 34.5 Å². The Balaban J connectivity index is 1.62. The van der Waals surface area contributed by atoms with Gasteiger partial charge in [-0.25, -0.2) is 0 Å². The van der Waals surface area contributed by atoms with Gasteiger partial charge in [0.1, 0.15) is 0 Å². The molecule has 4 aliphatic rings. The van der Waals surface area contributed by atoms with Crippen molar-refractivity contribution in [2.75, 3.05) is 0 Å². The van der Waals surface area contributed by atoms with Crippen LogP contribution in [0.4, 0.5) is 0 Å². The molecule has 0 aliphatic heterocycles. The fraction of sp³-hybridized carbons (Fsp3) is 0.905. The molecule has 4 fully saturated rings. The average molecular weight is 287 g/mol. The van der Waals surface area contributed by atoms with Crippen LogP contribution >= 0.6 is 0 Å². The Labute approximate surface area is 131 Å². The quantitative estimate of drug-likeness (QED) is 0.454. The molecule has 0 amide bonds. The normalized spacial score (nSPS) is 53.5. The van der Waals surface area contributed by atoms with E-state index in [2.05, 4.69) is 20.4 Å². The summed E-state index contributed by atoms with van der Waals surface area (Å²) < 4.78 is 0. The van der Waals surface area contributed by atoms with E-state index in [4.69, 9.17) is 0 Å². The first-order valence-corrected chi connectivity index (χ1v) is 9.70. The van der Waals surface area contributed by atoms with Crippen LogP contribution in [0, 0.1) is 34.5 Å². The van der Waals surface area contributed by atoms with Crippen molar-refractivity contribution in [1.82, 2.24) is 0 Å². The minimum absolute atomic E-state index is 0.656. The largest absolute Gasteiger partial charge is 0.0999 e. The zero-order valence-electron chi connectivity index (χ0n) is 14.3. The topological polar surface area (TPSA) is 0 Å². The zero-order valence-corrected chi connectivity index (χ0v) is 14.3. The van der Waals surface area contributed by atoms with Crippen LogP contribution in [0.2, 0.25) is 0 Å². The van der Waals surface area contributed by atoms with Crippen LogP contribution < -0.4 is 0 Å². The second-order valence-electron chi connectivity index (χ2n) is 9.55. The number of hydrogen-bond donors (Lipinski definition) is 0. The maximum Gasteiger partial charge on any atom is -0.0260 e. The number of allylic oxidation sites excluding steroid dienone is 1. The summed E-state index contributed by atoms with van der Waals surface area (Å²) in [5.41, 5.74) is 2.92. The summed E-state index contributed by atoms with van der Waals surface area (Å²) in [6.45, 7) is 9.63. The van der Waals surface area contributed by atoms with E-state index in [0.717, 1.165) is 23.7 Å². The molecule has 0 radical (unpaired) electrons. The van der Waals surface area contributed by atoms with Gasteiger partial charge in [0.05, 0.1) is 0 Å². The summed E-state index contributed by atoms with van der Waals surface area (Å²) in [4.78, 5) is 0. The average Bonchev–Trinajstić information content (AvgIpc) is 2.47. The Morgan fingerprint density at radius 2 is 1.76 bits per heavy atom. The van der Waals surface area contributed by atoms with Crippen molar-refractivity contribution >= 4 is 0 Å². The highest BCUT2D eigenvalue weighted by molar-refractivity contribution is 5.12. The van der Waals surface area contributed by atoms with E-state index < -0.39 is 0 Å². The van der Waals surface area contributed by atoms with Gasteiger partial charge in [0.2, 0.25) is 0 Å². The first-order chi connectivity index (χ1) is 10.0. The Kier molecular flexibility index (Phi) is 3.32. The molecule has 0 saturated heterocycles. The molecular formula is C21H34. The third kappa shape index (κ3) is 2.07. The van der Waals surface area contributed by atoms with Crippen LogP contribution in [-0.4, -0.2) is 0 Å². The predicted molar refractivity (Wildman–Crippen MR) is 90.1 cm³/mol. The molecule has 0 spiro atoms. The van der Waals surface area contributed by atoms with Crippen LogP contribution in [0.5, 0.6) is 0 Å². The Morgan fingerprint density at radius 3 is 2.62 bits per heavy atom. The summed E-state index contributed by atoms with van der Waals surface area (Å²) in [6.07, 6.45) is 16.3. The summed E-state index contributed by atoms with van der Waals surface area (Å²) >= 11 is 0. The Morgan fingerprint density at radius 1 is 0.905 bits per heavy atom. The number of rotatable bonds is 0. The number of hydrogen-bond acceptors (Lipinski definition) is 0. The third-order valence-corrected chi connectivity index (χ3v) is 8.65. The summed E-state index contributed by atoms with van der Waals surface area (Å²) in [7, 11) is 0. The lowest BCUT2D eigenvalue weighted by Gasteiger charge is -2.62. The minimum Gasteiger partial charge on any atom is -0.0999 e. The van der Waals surface area contributed by atoms with E-state index in [0.29, 0.717) is 10.8 Å². The molecule has 0 nitrogen and oxygen atoms in total. The molecule has 0 aromatic heterocycles. The molecular weight excluding hydrogens is 252 g/mol. The molecule has 0 heteroatoms. The van der Waals surface area contributed by atoms with Crippen LogP contribution in [0.25, 0.3) is 0 Å². The zero-order chi connectivity index (χ0) is 14.7. The smallest absolute Gasteiger partial charge is 0.0260 e. The van der Waals surface area contributed by atoms with Gasteiger partial charge >= 0.3 is 0 Å². The van der Waals surface area contributed by atoms with Gasteiger partial charge in [-0.15, -0.1) is 0 Å². The minimum atomic E-state index is 0.656. The molecule has 6 atom stereocenters. The van der Waals surface area contributed by atoms with Crippen LogP contribution in [0.3, 0.4) is 0 Å². The predicted octanol–water partition coefficient (Wildman–Crippen LogP) is 6.37. The molecule has 0 aromatic rings. The van der Waals surface area contributed by atoms with Crippen molar-refractivity contribution < 1.29 is 0 Å². The standard InChI is InChI=1S/C21H34/c1-15-9-13-21(3)16(14-15)7-8-17-18-6-4-5-11-20(18,2)12-10-19(17)21/h16-19H,1,4-14H2,2-3H3. The highest BCUT2D eigenvalue weighted by Crippen LogP contribution is 2.65. The van der Waals surface area contributed by atoms with E-state index in [1.807, 2.05) is 0 Å². The molecule has 6 unspecified atom stereocenters. The van der Waals surface area contributed by atoms with Gasteiger partial charge in [0, 0.05) is 0 Å². The van der Waals surface area contributed by atoms with Gasteiger partial charge in [0.15, 0.2) is 0 Å². The first kappa shape index (κ1) is 14.3. The highest BCUT2D eigenvalue weighted by atomic mass is 14.6. The van der Waals surface area contributed by atoms with E-state index in [1.54, 1.807) is 18.4 Å². The molecule has 21 heavy (non-hydrogen) atoms. The maximum atomic E-state index is 4.32. The Hall–Kier alpha value is -0.260. The lowest BCUT2D eigenvalue weighted by molar-refractivity contribution is -0.118. The first-order valence-electron chi connectivity index (χ1n) is 9.70. The van der Waals surface area contributed by atoms with E-state index in [1.165, 1.54) is 57.8 Å². The SMILES string of the molecule is C=C1CCC2(C)C(CCC3C4CCCCC4(C)CCC32)C1. The lowest BCUT2D eigenvalue weighted by Crippen LogP contribution is -2.53. The van der Waals surface area contributed by atoms with Crippen molar-refractivity contribution in [3.63, 3.8) is 0 Å². The van der Waals surface area contributed by atoms with Gasteiger partial charge in [0.25, 0.3) is 0 Å². The molecule has 0 N–H and O–H groups in total. The van der Waals surface area contributed by atoms with Crippen molar-refractivity contribution in [3.05, 3.63) is 12.2 Å². The van der Waals surface area contributed by atoms with Crippen molar-refractivity contribution in [2.45, 2.75) is 84.5 Å². The lowest BCUT2D eigenvalue weighted by atomic mass is 9.43. The molecule has 118 valence electrons. The van der Waals surface area contributed by atoms with Gasteiger partial charge in [-0.1, -0.05) is 38.8 Å². The van der Waals surface area contributed by atoms with Crippen LogP contribution in [-0.2, 0) is 0 Å². The highest BCUT2D eigenvalue weighted by Gasteiger charge is 2.56. The van der Waals surface area contributed by atoms with Gasteiger partial charge in [-0.2, -0.15) is 0 Å². The fourth-order valence-corrected chi connectivity index (χ4v) is 7.32. The van der Waals surface area contributed by atoms with Gasteiger partial charge < -0.3 is 0 Å². The van der Waals surface area contributed by atoms with Crippen LogP contribution in [0.1, 0.15) is 84.5 Å². The molecule has 4 aliphatic carbocycles. The molecule has 0 bridgehead atoms. The van der Waals surface area contributed by atoms with E-state index in [9.17, 15) is 0 Å². The van der Waals surface area contributed by atoms with Gasteiger partial charge in [-0.05, 0) is 92.3 Å².